The number of esters is 1. The van der Waals surface area contributed by atoms with Crippen molar-refractivity contribution in [1.29, 1.82) is 0 Å². The van der Waals surface area contributed by atoms with E-state index in [0.29, 0.717) is 31.8 Å². The average molecular weight is 522 g/mol. The van der Waals surface area contributed by atoms with Crippen LogP contribution < -0.4 is 15.6 Å². The number of piperazine rings is 1. The molecular formula is C27H29F2N7O2. The number of anilines is 1. The molecule has 38 heavy (non-hydrogen) atoms. The molecular weight excluding hydrogens is 492 g/mol. The summed E-state index contributed by atoms with van der Waals surface area (Å²) in [6.45, 7) is 5.54. The Kier molecular flexibility index (Phi) is 7.45. The topological polar surface area (TPSA) is 97.2 Å². The fourth-order valence-electron chi connectivity index (χ4n) is 4.93. The first-order valence-electron chi connectivity index (χ1n) is 12.5. The van der Waals surface area contributed by atoms with Crippen molar-refractivity contribution in [2.24, 2.45) is 0 Å². The first-order valence-corrected chi connectivity index (χ1v) is 12.5. The summed E-state index contributed by atoms with van der Waals surface area (Å²) in [7, 11) is 0. The normalized spacial score (nSPS) is 16.6. The molecule has 2 unspecified atom stereocenters. The van der Waals surface area contributed by atoms with Crippen molar-refractivity contribution in [2.75, 3.05) is 36.5 Å². The van der Waals surface area contributed by atoms with Gasteiger partial charge in [-0.25, -0.2) is 18.7 Å². The van der Waals surface area contributed by atoms with Crippen LogP contribution in [0.2, 0.25) is 0 Å². The van der Waals surface area contributed by atoms with E-state index in [1.807, 2.05) is 0 Å². The molecule has 1 aliphatic heterocycles. The lowest BCUT2D eigenvalue weighted by Gasteiger charge is -2.39. The van der Waals surface area contributed by atoms with Gasteiger partial charge in [-0.05, 0) is 42.3 Å². The molecule has 11 heteroatoms. The molecule has 5 rings (SSSR count). The monoisotopic (exact) mass is 521 g/mol. The van der Waals surface area contributed by atoms with Crippen LogP contribution in [-0.2, 0) is 9.53 Å². The number of hydrogen-bond donors (Lipinski definition) is 2. The van der Waals surface area contributed by atoms with E-state index in [9.17, 15) is 13.6 Å². The number of carbonyl (C=O) groups excluding carboxylic acids is 1. The van der Waals surface area contributed by atoms with Gasteiger partial charge < -0.3 is 20.4 Å². The van der Waals surface area contributed by atoms with Crippen LogP contribution in [0.5, 0.6) is 0 Å². The average Bonchev–Trinajstić information content (AvgIpc) is 3.33. The van der Waals surface area contributed by atoms with Crippen LogP contribution in [0.25, 0.3) is 11.0 Å². The van der Waals surface area contributed by atoms with Gasteiger partial charge in [-0.2, -0.15) is 9.89 Å². The molecule has 4 aromatic rings. The molecule has 0 amide bonds. The predicted molar refractivity (Wildman–Crippen MR) is 139 cm³/mol. The second-order valence-electron chi connectivity index (χ2n) is 9.36. The molecule has 0 bridgehead atoms. The van der Waals surface area contributed by atoms with E-state index in [4.69, 9.17) is 4.74 Å². The van der Waals surface area contributed by atoms with Crippen LogP contribution in [0.15, 0.2) is 61.1 Å². The highest BCUT2D eigenvalue weighted by Crippen LogP contribution is 2.32. The van der Waals surface area contributed by atoms with E-state index >= 15 is 0 Å². The van der Waals surface area contributed by atoms with Crippen molar-refractivity contribution >= 4 is 22.8 Å². The molecule has 1 aliphatic rings. The summed E-state index contributed by atoms with van der Waals surface area (Å²) >= 11 is 0. The first kappa shape index (κ1) is 25.5. The van der Waals surface area contributed by atoms with Gasteiger partial charge in [0.1, 0.15) is 29.9 Å². The summed E-state index contributed by atoms with van der Waals surface area (Å²) < 4.78 is 32.6. The molecule has 2 aromatic carbocycles. The van der Waals surface area contributed by atoms with Gasteiger partial charge in [0.2, 0.25) is 0 Å². The molecule has 9 nitrogen and oxygen atoms in total. The number of nitrogens with zero attached hydrogens (tertiary/aromatic N) is 5. The van der Waals surface area contributed by atoms with Gasteiger partial charge in [0.15, 0.2) is 5.65 Å². The number of carbonyl (C=O) groups is 1. The van der Waals surface area contributed by atoms with E-state index in [1.165, 1.54) is 37.5 Å². The number of fused-ring (bicyclic) bond motifs is 1. The molecule has 2 N–H and O–H groups in total. The van der Waals surface area contributed by atoms with Crippen molar-refractivity contribution in [3.63, 3.8) is 0 Å². The highest BCUT2D eigenvalue weighted by molar-refractivity contribution is 5.87. The first-order chi connectivity index (χ1) is 18.4. The van der Waals surface area contributed by atoms with E-state index in [0.717, 1.165) is 22.3 Å². The predicted octanol–water partition coefficient (Wildman–Crippen LogP) is 3.21. The maximum atomic E-state index is 13.7. The second kappa shape index (κ2) is 11.1. The van der Waals surface area contributed by atoms with Crippen molar-refractivity contribution in [2.45, 2.75) is 31.9 Å². The van der Waals surface area contributed by atoms with Crippen molar-refractivity contribution in [3.8, 4) is 0 Å². The van der Waals surface area contributed by atoms with Crippen molar-refractivity contribution in [1.82, 2.24) is 25.2 Å². The standard InChI is InChI=1S/C27H29F2N7O2/c1-17(38-18(2)37)13-33-36-27-23(14-34-36)26(31-16-32-27)35-12-11-30-24(15-35)25(19-3-7-21(28)8-4-19)20-5-9-22(29)10-6-20/h3-10,14,16-17,24-25,30,33H,11-13,15H2,1-2H3. The smallest absolute Gasteiger partial charge is 0.302 e. The molecule has 0 aliphatic carbocycles. The quantitative estimate of drug-likeness (QED) is 0.341. The third-order valence-electron chi connectivity index (χ3n) is 6.61. The largest absolute Gasteiger partial charge is 0.461 e. The van der Waals surface area contributed by atoms with Crippen LogP contribution in [0.3, 0.4) is 0 Å². The molecule has 3 heterocycles. The fraction of sp³-hybridized carbons (Fsp3) is 0.333. The van der Waals surface area contributed by atoms with Gasteiger partial charge in [-0.1, -0.05) is 24.3 Å². The Labute approximate surface area is 218 Å². The van der Waals surface area contributed by atoms with Crippen LogP contribution >= 0.6 is 0 Å². The summed E-state index contributed by atoms with van der Waals surface area (Å²) in [5.41, 5.74) is 5.60. The minimum atomic E-state index is -0.345. The molecule has 0 radical (unpaired) electrons. The molecule has 198 valence electrons. The Morgan fingerprint density at radius 2 is 1.76 bits per heavy atom. The van der Waals surface area contributed by atoms with Gasteiger partial charge in [0, 0.05) is 38.5 Å². The highest BCUT2D eigenvalue weighted by Gasteiger charge is 2.31. The molecule has 0 spiro atoms. The Hall–Kier alpha value is -4.12. The molecule has 1 saturated heterocycles. The SMILES string of the molecule is CC(=O)OC(C)CNn1ncc2c(N3CCNC(C(c4ccc(F)cc4)c4ccc(F)cc4)C3)ncnc21. The zero-order chi connectivity index (χ0) is 26.6. The van der Waals surface area contributed by atoms with E-state index in [1.54, 1.807) is 42.2 Å². The Bertz CT molecular complexity index is 1350. The third-order valence-corrected chi connectivity index (χ3v) is 6.61. The van der Waals surface area contributed by atoms with E-state index < -0.39 is 0 Å². The minimum Gasteiger partial charge on any atom is -0.461 e. The number of benzene rings is 2. The number of aromatic nitrogens is 4. The maximum absolute atomic E-state index is 13.7. The van der Waals surface area contributed by atoms with Gasteiger partial charge >= 0.3 is 5.97 Å². The summed E-state index contributed by atoms with van der Waals surface area (Å²) in [6.07, 6.45) is 2.88. The lowest BCUT2D eigenvalue weighted by atomic mass is 9.84. The summed E-state index contributed by atoms with van der Waals surface area (Å²) in [4.78, 5) is 23.9. The van der Waals surface area contributed by atoms with E-state index in [2.05, 4.69) is 30.7 Å². The van der Waals surface area contributed by atoms with Crippen LogP contribution in [0.4, 0.5) is 14.6 Å². The summed E-state index contributed by atoms with van der Waals surface area (Å²) in [5.74, 6) is -0.340. The summed E-state index contributed by atoms with van der Waals surface area (Å²) in [5, 5.41) is 8.80. The lowest BCUT2D eigenvalue weighted by Crippen LogP contribution is -2.53. The maximum Gasteiger partial charge on any atom is 0.302 e. The second-order valence-corrected chi connectivity index (χ2v) is 9.36. The van der Waals surface area contributed by atoms with Gasteiger partial charge in [-0.15, -0.1) is 0 Å². The van der Waals surface area contributed by atoms with Crippen molar-refractivity contribution < 1.29 is 18.3 Å². The Morgan fingerprint density at radius 3 is 2.39 bits per heavy atom. The highest BCUT2D eigenvalue weighted by atomic mass is 19.1. The number of nitrogens with one attached hydrogen (secondary N) is 2. The van der Waals surface area contributed by atoms with Crippen molar-refractivity contribution in [3.05, 3.63) is 83.8 Å². The molecule has 2 aromatic heterocycles. The number of ether oxygens (including phenoxy) is 1. The zero-order valence-corrected chi connectivity index (χ0v) is 21.1. The number of rotatable bonds is 8. The van der Waals surface area contributed by atoms with Crippen LogP contribution in [0, 0.1) is 11.6 Å². The Morgan fingerprint density at radius 1 is 1.11 bits per heavy atom. The fourth-order valence-corrected chi connectivity index (χ4v) is 4.93. The van der Waals surface area contributed by atoms with Crippen LogP contribution in [0.1, 0.15) is 30.9 Å². The summed E-state index contributed by atoms with van der Waals surface area (Å²) in [6, 6.07) is 12.8. The molecule has 1 fully saturated rings. The van der Waals surface area contributed by atoms with Crippen LogP contribution in [-0.4, -0.2) is 64.2 Å². The lowest BCUT2D eigenvalue weighted by molar-refractivity contribution is -0.144. The van der Waals surface area contributed by atoms with Gasteiger partial charge in [0.25, 0.3) is 0 Å². The number of hydrogen-bond acceptors (Lipinski definition) is 8. The third kappa shape index (κ3) is 5.57. The van der Waals surface area contributed by atoms with Gasteiger partial charge in [-0.3, -0.25) is 4.79 Å². The Balaban J connectivity index is 1.41. The zero-order valence-electron chi connectivity index (χ0n) is 21.1. The van der Waals surface area contributed by atoms with Gasteiger partial charge in [0.05, 0.1) is 18.1 Å². The number of halogens is 2. The molecule has 0 saturated carbocycles. The molecule has 2 atom stereocenters. The van der Waals surface area contributed by atoms with E-state index in [-0.39, 0.29) is 35.7 Å². The minimum absolute atomic E-state index is 0.0533.